The molecule has 2 aliphatic heterocycles. The van der Waals surface area contributed by atoms with Crippen molar-refractivity contribution in [3.05, 3.63) is 28.7 Å². The summed E-state index contributed by atoms with van der Waals surface area (Å²) in [5.41, 5.74) is 1.72. The molecule has 3 aromatic rings. The number of aliphatic hydroxyl groups excluding tert-OH is 1. The Kier molecular flexibility index (Phi) is 5.36. The molecule has 2 saturated heterocycles. The first-order chi connectivity index (χ1) is 14.6. The van der Waals surface area contributed by atoms with E-state index >= 15 is 0 Å². The quantitative estimate of drug-likeness (QED) is 0.343. The summed E-state index contributed by atoms with van der Waals surface area (Å²) in [6.45, 7) is 2.56. The molecule has 0 saturated carbocycles. The van der Waals surface area contributed by atoms with Crippen LogP contribution >= 0.6 is 23.2 Å². The Bertz CT molecular complexity index is 1060. The fourth-order valence-corrected chi connectivity index (χ4v) is 4.55. The van der Waals surface area contributed by atoms with Crippen LogP contribution < -0.4 is 0 Å². The molecule has 0 amide bonds. The van der Waals surface area contributed by atoms with E-state index in [0.29, 0.717) is 17.8 Å². The summed E-state index contributed by atoms with van der Waals surface area (Å²) in [5, 5.41) is 19.6. The Balaban J connectivity index is 1.38. The second-order valence-corrected chi connectivity index (χ2v) is 8.30. The summed E-state index contributed by atoms with van der Waals surface area (Å²) in [7, 11) is 0. The molecule has 0 bridgehead atoms. The van der Waals surface area contributed by atoms with E-state index in [4.69, 9.17) is 32.7 Å². The maximum absolute atomic E-state index is 10.9. The number of imidazole rings is 1. The van der Waals surface area contributed by atoms with Crippen molar-refractivity contribution in [3.8, 4) is 0 Å². The van der Waals surface area contributed by atoms with Gasteiger partial charge in [-0.3, -0.25) is 4.57 Å². The summed E-state index contributed by atoms with van der Waals surface area (Å²) < 4.78 is 15.5. The summed E-state index contributed by atoms with van der Waals surface area (Å²) in [6.07, 6.45) is 5.19. The smallest absolute Gasteiger partial charge is 0.225 e. The molecule has 2 aliphatic rings. The van der Waals surface area contributed by atoms with Crippen LogP contribution in [0.2, 0.25) is 10.4 Å². The Morgan fingerprint density at radius 2 is 2.10 bits per heavy atom. The van der Waals surface area contributed by atoms with Crippen LogP contribution in [-0.2, 0) is 15.9 Å². The predicted octanol–water partition coefficient (Wildman–Crippen LogP) is 2.36. The number of aliphatic hydroxyl groups is 1. The normalized spacial score (nSPS) is 28.5. The minimum atomic E-state index is -0.919. The van der Waals surface area contributed by atoms with Crippen molar-refractivity contribution in [1.29, 1.82) is 0 Å². The highest BCUT2D eigenvalue weighted by molar-refractivity contribution is 6.35. The van der Waals surface area contributed by atoms with Crippen LogP contribution in [0.3, 0.4) is 0 Å². The van der Waals surface area contributed by atoms with Gasteiger partial charge >= 0.3 is 0 Å². The molecule has 0 aromatic carbocycles. The molecule has 2 fully saturated rings. The van der Waals surface area contributed by atoms with E-state index in [0.717, 1.165) is 31.4 Å². The van der Waals surface area contributed by atoms with Gasteiger partial charge in [0.25, 0.3) is 0 Å². The molecule has 160 valence electrons. The summed E-state index contributed by atoms with van der Waals surface area (Å²) in [6, 6.07) is -0.182. The third-order valence-electron chi connectivity index (χ3n) is 5.65. The Morgan fingerprint density at radius 3 is 2.93 bits per heavy atom. The lowest BCUT2D eigenvalue weighted by atomic mass is 10.1. The second kappa shape index (κ2) is 8.01. The van der Waals surface area contributed by atoms with Crippen LogP contribution in [0.15, 0.2) is 12.5 Å². The number of halogens is 2. The SMILES string of the molecule is CCCCCc1cn([C@H]2COC3C2O[C@@H](n2cnc4c(Cl)nc(Cl)nc42)[C@@H]3O)nn1. The molecule has 12 heteroatoms. The van der Waals surface area contributed by atoms with Crippen molar-refractivity contribution in [2.75, 3.05) is 6.61 Å². The average Bonchev–Trinajstić information content (AvgIpc) is 3.47. The monoisotopic (exact) mass is 453 g/mol. The molecular weight excluding hydrogens is 433 g/mol. The van der Waals surface area contributed by atoms with Gasteiger partial charge < -0.3 is 14.6 Å². The number of fused-ring (bicyclic) bond motifs is 2. The number of hydrogen-bond donors (Lipinski definition) is 1. The van der Waals surface area contributed by atoms with E-state index in [1.807, 2.05) is 6.20 Å². The summed E-state index contributed by atoms with van der Waals surface area (Å²) in [4.78, 5) is 12.3. The molecule has 0 spiro atoms. The number of unbranched alkanes of at least 4 members (excludes halogenated alkanes) is 2. The molecule has 0 aliphatic carbocycles. The highest BCUT2D eigenvalue weighted by Gasteiger charge is 2.54. The van der Waals surface area contributed by atoms with Gasteiger partial charge in [0, 0.05) is 6.20 Å². The maximum Gasteiger partial charge on any atom is 0.225 e. The van der Waals surface area contributed by atoms with Crippen molar-refractivity contribution in [1.82, 2.24) is 34.5 Å². The van der Waals surface area contributed by atoms with Gasteiger partial charge in [-0.1, -0.05) is 36.6 Å². The molecule has 5 atom stereocenters. The minimum Gasteiger partial charge on any atom is -0.386 e. The zero-order chi connectivity index (χ0) is 20.8. The number of ether oxygens (including phenoxy) is 2. The molecule has 10 nitrogen and oxygen atoms in total. The zero-order valence-corrected chi connectivity index (χ0v) is 17.7. The Labute approximate surface area is 182 Å². The number of aryl methyl sites for hydroxylation is 1. The number of nitrogens with zero attached hydrogens (tertiary/aromatic N) is 7. The first kappa shape index (κ1) is 20.1. The summed E-state index contributed by atoms with van der Waals surface area (Å²) in [5.74, 6) is 0. The van der Waals surface area contributed by atoms with Crippen molar-refractivity contribution >= 4 is 34.4 Å². The molecular formula is C18H21Cl2N7O3. The number of hydrogen-bond acceptors (Lipinski definition) is 8. The lowest BCUT2D eigenvalue weighted by Gasteiger charge is -2.20. The fourth-order valence-electron chi connectivity index (χ4n) is 4.13. The van der Waals surface area contributed by atoms with E-state index in [1.54, 1.807) is 9.25 Å². The van der Waals surface area contributed by atoms with E-state index < -0.39 is 18.4 Å². The second-order valence-electron chi connectivity index (χ2n) is 7.60. The highest BCUT2D eigenvalue weighted by atomic mass is 35.5. The van der Waals surface area contributed by atoms with Gasteiger partial charge in [-0.15, -0.1) is 5.10 Å². The summed E-state index contributed by atoms with van der Waals surface area (Å²) >= 11 is 12.1. The topological polar surface area (TPSA) is 113 Å². The van der Waals surface area contributed by atoms with E-state index in [2.05, 4.69) is 32.2 Å². The zero-order valence-electron chi connectivity index (χ0n) is 16.2. The minimum absolute atomic E-state index is 0.00530. The van der Waals surface area contributed by atoms with Crippen molar-refractivity contribution in [2.24, 2.45) is 0 Å². The van der Waals surface area contributed by atoms with Crippen LogP contribution in [0.4, 0.5) is 0 Å². The lowest BCUT2D eigenvalue weighted by Crippen LogP contribution is -2.31. The first-order valence-electron chi connectivity index (χ1n) is 9.98. The van der Waals surface area contributed by atoms with Gasteiger partial charge in [0.15, 0.2) is 17.0 Å². The van der Waals surface area contributed by atoms with E-state index in [1.165, 1.54) is 6.33 Å². The molecule has 5 rings (SSSR count). The van der Waals surface area contributed by atoms with E-state index in [9.17, 15) is 5.11 Å². The predicted molar refractivity (Wildman–Crippen MR) is 107 cm³/mol. The van der Waals surface area contributed by atoms with Crippen molar-refractivity contribution in [2.45, 2.75) is 63.2 Å². The third-order valence-corrected chi connectivity index (χ3v) is 6.08. The molecule has 3 aromatic heterocycles. The Hall–Kier alpha value is -1.85. The van der Waals surface area contributed by atoms with Crippen LogP contribution in [0.1, 0.15) is 44.1 Å². The van der Waals surface area contributed by atoms with Gasteiger partial charge in [0.2, 0.25) is 5.28 Å². The van der Waals surface area contributed by atoms with Gasteiger partial charge in [-0.25, -0.2) is 14.6 Å². The molecule has 0 radical (unpaired) electrons. The third kappa shape index (κ3) is 3.36. The molecule has 1 N–H and O–H groups in total. The van der Waals surface area contributed by atoms with Crippen LogP contribution in [0.25, 0.3) is 11.2 Å². The van der Waals surface area contributed by atoms with Gasteiger partial charge in [-0.05, 0) is 24.4 Å². The van der Waals surface area contributed by atoms with E-state index in [-0.39, 0.29) is 22.6 Å². The van der Waals surface area contributed by atoms with Gasteiger partial charge in [0.1, 0.15) is 29.9 Å². The standard InChI is InChI=1S/C18H21Cl2N7O3/c1-2-3-4-5-9-6-27(25-24-9)10-7-29-14-12(28)17(30-13(10)14)26-8-21-11-15(19)22-18(20)23-16(11)26/h6,8,10,12-14,17,28H,2-5,7H2,1H3/t10-,12+,13?,14?,17+/m0/s1. The molecule has 5 heterocycles. The van der Waals surface area contributed by atoms with Crippen LogP contribution in [0.5, 0.6) is 0 Å². The highest BCUT2D eigenvalue weighted by Crippen LogP contribution is 2.42. The van der Waals surface area contributed by atoms with Crippen LogP contribution in [-0.4, -0.2) is 64.5 Å². The number of aromatic nitrogens is 7. The van der Waals surface area contributed by atoms with Crippen molar-refractivity contribution < 1.29 is 14.6 Å². The average molecular weight is 454 g/mol. The maximum atomic E-state index is 10.9. The number of rotatable bonds is 6. The van der Waals surface area contributed by atoms with Crippen LogP contribution in [0, 0.1) is 0 Å². The fraction of sp³-hybridized carbons (Fsp3) is 0.611. The Morgan fingerprint density at radius 1 is 1.23 bits per heavy atom. The largest absolute Gasteiger partial charge is 0.386 e. The molecule has 30 heavy (non-hydrogen) atoms. The van der Waals surface area contributed by atoms with Gasteiger partial charge in [0.05, 0.1) is 18.6 Å². The molecule has 2 unspecified atom stereocenters. The van der Waals surface area contributed by atoms with Crippen molar-refractivity contribution in [3.63, 3.8) is 0 Å². The van der Waals surface area contributed by atoms with Gasteiger partial charge in [-0.2, -0.15) is 4.98 Å². The lowest BCUT2D eigenvalue weighted by molar-refractivity contribution is -0.0589. The first-order valence-corrected chi connectivity index (χ1v) is 10.7.